The van der Waals surface area contributed by atoms with Crippen molar-refractivity contribution in [2.75, 3.05) is 18.0 Å². The third-order valence-electron chi connectivity index (χ3n) is 5.43. The molecule has 0 amide bonds. The topological polar surface area (TPSA) is 96.6 Å². The lowest BCUT2D eigenvalue weighted by atomic mass is 9.92. The van der Waals surface area contributed by atoms with E-state index < -0.39 is 0 Å². The van der Waals surface area contributed by atoms with Gasteiger partial charge < -0.3 is 10.6 Å². The number of fused-ring (bicyclic) bond motifs is 1. The van der Waals surface area contributed by atoms with Crippen LogP contribution in [0.2, 0.25) is 0 Å². The molecule has 0 aromatic carbocycles. The number of piperidine rings is 1. The number of hydrogen-bond acceptors (Lipinski definition) is 6. The highest BCUT2D eigenvalue weighted by Gasteiger charge is 2.27. The van der Waals surface area contributed by atoms with Crippen molar-refractivity contribution in [2.24, 2.45) is 5.73 Å². The second-order valence-electron chi connectivity index (χ2n) is 7.99. The van der Waals surface area contributed by atoms with Gasteiger partial charge in [0.15, 0.2) is 0 Å². The summed E-state index contributed by atoms with van der Waals surface area (Å²) in [6.45, 7) is 3.89. The fraction of sp³-hybridized carbons (Fsp3) is 0.273. The van der Waals surface area contributed by atoms with Crippen molar-refractivity contribution in [1.29, 1.82) is 0 Å². The van der Waals surface area contributed by atoms with Crippen molar-refractivity contribution in [3.8, 4) is 22.6 Å². The van der Waals surface area contributed by atoms with E-state index in [0.29, 0.717) is 0 Å². The second kappa shape index (κ2) is 6.93. The van der Waals surface area contributed by atoms with Gasteiger partial charge in [0.1, 0.15) is 11.5 Å². The lowest BCUT2D eigenvalue weighted by Gasteiger charge is -2.38. The largest absolute Gasteiger partial charge is 0.355 e. The first kappa shape index (κ1) is 17.8. The maximum atomic E-state index is 6.39. The summed E-state index contributed by atoms with van der Waals surface area (Å²) < 4.78 is 0. The van der Waals surface area contributed by atoms with Crippen LogP contribution in [0, 0.1) is 0 Å². The molecule has 146 valence electrons. The number of nitrogens with one attached hydrogen (secondary N) is 1. The Labute approximate surface area is 169 Å². The van der Waals surface area contributed by atoms with Crippen molar-refractivity contribution >= 4 is 16.7 Å². The van der Waals surface area contributed by atoms with Gasteiger partial charge in [0.05, 0.1) is 23.1 Å². The van der Waals surface area contributed by atoms with Crippen LogP contribution in [0.5, 0.6) is 0 Å². The fourth-order valence-corrected chi connectivity index (χ4v) is 3.98. The third-order valence-corrected chi connectivity index (χ3v) is 5.43. The first-order chi connectivity index (χ1) is 14.1. The molecule has 4 aromatic heterocycles. The Morgan fingerprint density at radius 1 is 1.14 bits per heavy atom. The highest BCUT2D eigenvalue weighted by Crippen LogP contribution is 2.30. The van der Waals surface area contributed by atoms with Crippen molar-refractivity contribution in [3.63, 3.8) is 0 Å². The summed E-state index contributed by atoms with van der Waals surface area (Å²) in [5.74, 6) is 0.941. The van der Waals surface area contributed by atoms with Gasteiger partial charge in [-0.3, -0.25) is 15.1 Å². The zero-order valence-corrected chi connectivity index (χ0v) is 16.3. The molecule has 0 unspecified atom stereocenters. The molecule has 5 rings (SSSR count). The number of rotatable bonds is 3. The van der Waals surface area contributed by atoms with Crippen LogP contribution >= 0.6 is 0 Å². The first-order valence-corrected chi connectivity index (χ1v) is 9.85. The summed E-state index contributed by atoms with van der Waals surface area (Å²) in [6, 6.07) is 12.0. The SMILES string of the molecule is C[C@@]1(N)CCCN(c2cccc(-c3n[nH]c4cnc(-c5cccnc5)cc34)n2)C1. The van der Waals surface area contributed by atoms with Crippen molar-refractivity contribution in [1.82, 2.24) is 25.1 Å². The van der Waals surface area contributed by atoms with Gasteiger partial charge in [-0.15, -0.1) is 0 Å². The standard InChI is InChI=1S/C22H23N7/c1-22(23)8-4-10-29(14-22)20-7-2-6-17(26-20)21-16-11-18(15-5-3-9-24-12-15)25-13-19(16)27-28-21/h2-3,5-7,9,11-13H,4,8,10,14,23H2,1H3,(H,27,28)/t22-/m1/s1. The average molecular weight is 385 g/mol. The number of aromatic nitrogens is 5. The predicted octanol–water partition coefficient (Wildman–Crippen LogP) is 3.40. The lowest BCUT2D eigenvalue weighted by molar-refractivity contribution is 0.373. The first-order valence-electron chi connectivity index (χ1n) is 9.85. The van der Waals surface area contributed by atoms with E-state index in [1.54, 1.807) is 6.20 Å². The maximum Gasteiger partial charge on any atom is 0.129 e. The molecule has 0 saturated carbocycles. The molecule has 0 bridgehead atoms. The van der Waals surface area contributed by atoms with Crippen LogP contribution < -0.4 is 10.6 Å². The molecule has 0 aliphatic carbocycles. The summed E-state index contributed by atoms with van der Waals surface area (Å²) in [5, 5.41) is 8.60. The van der Waals surface area contributed by atoms with Crippen LogP contribution in [0.3, 0.4) is 0 Å². The molecule has 1 saturated heterocycles. The number of aromatic amines is 1. The van der Waals surface area contributed by atoms with Crippen LogP contribution in [0.1, 0.15) is 19.8 Å². The van der Waals surface area contributed by atoms with Crippen LogP contribution in [0.4, 0.5) is 5.82 Å². The number of H-pyrrole nitrogens is 1. The fourth-order valence-electron chi connectivity index (χ4n) is 3.98. The summed E-state index contributed by atoms with van der Waals surface area (Å²) in [6.07, 6.45) is 7.49. The van der Waals surface area contributed by atoms with E-state index in [4.69, 9.17) is 10.7 Å². The van der Waals surface area contributed by atoms with E-state index in [1.807, 2.05) is 48.8 Å². The van der Waals surface area contributed by atoms with Gasteiger partial charge in [-0.05, 0) is 50.1 Å². The minimum atomic E-state index is -0.181. The van der Waals surface area contributed by atoms with Crippen LogP contribution in [0.15, 0.2) is 55.0 Å². The van der Waals surface area contributed by atoms with Crippen LogP contribution in [-0.4, -0.2) is 43.8 Å². The van der Waals surface area contributed by atoms with E-state index in [9.17, 15) is 0 Å². The Hall–Kier alpha value is -3.32. The van der Waals surface area contributed by atoms with E-state index in [2.05, 4.69) is 32.0 Å². The Kier molecular flexibility index (Phi) is 4.24. The van der Waals surface area contributed by atoms with Gasteiger partial charge in [0.2, 0.25) is 0 Å². The van der Waals surface area contributed by atoms with Gasteiger partial charge in [-0.2, -0.15) is 5.10 Å². The van der Waals surface area contributed by atoms with E-state index >= 15 is 0 Å². The molecule has 7 heteroatoms. The molecule has 0 spiro atoms. The molecule has 1 fully saturated rings. The molecule has 7 nitrogen and oxygen atoms in total. The normalized spacial score (nSPS) is 19.6. The Morgan fingerprint density at radius 3 is 2.90 bits per heavy atom. The van der Waals surface area contributed by atoms with Gasteiger partial charge >= 0.3 is 0 Å². The van der Waals surface area contributed by atoms with E-state index in [0.717, 1.165) is 65.3 Å². The Bertz CT molecular complexity index is 1150. The van der Waals surface area contributed by atoms with Gasteiger partial charge in [-0.25, -0.2) is 4.98 Å². The highest BCUT2D eigenvalue weighted by atomic mass is 15.2. The number of hydrogen-bond donors (Lipinski definition) is 2. The molecule has 5 heterocycles. The quantitative estimate of drug-likeness (QED) is 0.561. The monoisotopic (exact) mass is 385 g/mol. The second-order valence-corrected chi connectivity index (χ2v) is 7.99. The van der Waals surface area contributed by atoms with Crippen LogP contribution in [-0.2, 0) is 0 Å². The molecule has 1 aliphatic rings. The van der Waals surface area contributed by atoms with Gasteiger partial charge in [-0.1, -0.05) is 6.07 Å². The maximum absolute atomic E-state index is 6.39. The number of anilines is 1. The predicted molar refractivity (Wildman–Crippen MR) is 114 cm³/mol. The molecule has 1 aliphatic heterocycles. The molecule has 29 heavy (non-hydrogen) atoms. The molecular weight excluding hydrogens is 362 g/mol. The molecular formula is C22H23N7. The number of pyridine rings is 3. The molecule has 1 atom stereocenters. The zero-order chi connectivity index (χ0) is 19.8. The van der Waals surface area contributed by atoms with Crippen molar-refractivity contribution in [3.05, 3.63) is 55.0 Å². The van der Waals surface area contributed by atoms with E-state index in [-0.39, 0.29) is 5.54 Å². The van der Waals surface area contributed by atoms with E-state index in [1.165, 1.54) is 0 Å². The average Bonchev–Trinajstić information content (AvgIpc) is 3.17. The summed E-state index contributed by atoms with van der Waals surface area (Å²) in [5.41, 5.74) is 10.6. The number of nitrogens with two attached hydrogens (primary N) is 1. The summed E-state index contributed by atoms with van der Waals surface area (Å²) >= 11 is 0. The number of nitrogens with zero attached hydrogens (tertiary/aromatic N) is 5. The Morgan fingerprint density at radius 2 is 2.07 bits per heavy atom. The summed E-state index contributed by atoms with van der Waals surface area (Å²) in [7, 11) is 0. The van der Waals surface area contributed by atoms with Crippen molar-refractivity contribution < 1.29 is 0 Å². The third kappa shape index (κ3) is 3.45. The van der Waals surface area contributed by atoms with Crippen LogP contribution in [0.25, 0.3) is 33.5 Å². The minimum Gasteiger partial charge on any atom is -0.355 e. The minimum absolute atomic E-state index is 0.181. The summed E-state index contributed by atoms with van der Waals surface area (Å²) in [4.78, 5) is 15.9. The zero-order valence-electron chi connectivity index (χ0n) is 16.3. The lowest BCUT2D eigenvalue weighted by Crippen LogP contribution is -2.52. The molecule has 3 N–H and O–H groups in total. The molecule has 0 radical (unpaired) electrons. The highest BCUT2D eigenvalue weighted by molar-refractivity contribution is 5.93. The molecule has 4 aromatic rings. The van der Waals surface area contributed by atoms with Gasteiger partial charge in [0.25, 0.3) is 0 Å². The smallest absolute Gasteiger partial charge is 0.129 e. The van der Waals surface area contributed by atoms with Gasteiger partial charge in [0, 0.05) is 42.0 Å². The van der Waals surface area contributed by atoms with Crippen molar-refractivity contribution in [2.45, 2.75) is 25.3 Å². The Balaban J connectivity index is 1.54.